The maximum Gasteiger partial charge on any atom is 0.228 e. The zero-order chi connectivity index (χ0) is 18.0. The molecule has 2 amide bonds. The van der Waals surface area contributed by atoms with Gasteiger partial charge in [0.05, 0.1) is 17.5 Å². The van der Waals surface area contributed by atoms with Crippen molar-refractivity contribution in [3.05, 3.63) is 53.9 Å². The molecule has 6 nitrogen and oxygen atoms in total. The molecule has 0 saturated heterocycles. The Morgan fingerprint density at radius 2 is 1.68 bits per heavy atom. The Morgan fingerprint density at radius 3 is 2.32 bits per heavy atom. The number of carbonyl (C=O) groups is 2. The minimum Gasteiger partial charge on any atom is -0.331 e. The Balaban J connectivity index is 1.67. The van der Waals surface area contributed by atoms with Crippen molar-refractivity contribution in [1.82, 2.24) is 9.55 Å². The van der Waals surface area contributed by atoms with Gasteiger partial charge in [-0.15, -0.1) is 0 Å². The number of aryl methyl sites for hydroxylation is 2. The Labute approximate surface area is 145 Å². The van der Waals surface area contributed by atoms with Crippen LogP contribution in [0.15, 0.2) is 42.5 Å². The fraction of sp³-hybridized carbons (Fsp3) is 0.211. The van der Waals surface area contributed by atoms with Crippen molar-refractivity contribution in [3.8, 4) is 0 Å². The fourth-order valence-corrected chi connectivity index (χ4v) is 2.71. The van der Waals surface area contributed by atoms with Crippen LogP contribution in [0.2, 0.25) is 0 Å². The topological polar surface area (TPSA) is 76.0 Å². The molecule has 2 N–H and O–H groups in total. The minimum absolute atomic E-state index is 0.0979. The molecule has 0 saturated carbocycles. The van der Waals surface area contributed by atoms with E-state index in [1.54, 1.807) is 24.3 Å². The van der Waals surface area contributed by atoms with E-state index in [4.69, 9.17) is 0 Å². The van der Waals surface area contributed by atoms with E-state index in [-0.39, 0.29) is 18.2 Å². The van der Waals surface area contributed by atoms with Gasteiger partial charge in [-0.3, -0.25) is 9.59 Å². The lowest BCUT2D eigenvalue weighted by Gasteiger charge is -2.07. The quantitative estimate of drug-likeness (QED) is 0.769. The zero-order valence-corrected chi connectivity index (χ0v) is 14.5. The number of carbonyl (C=O) groups excluding carboxylic acids is 2. The summed E-state index contributed by atoms with van der Waals surface area (Å²) in [5.74, 6) is 0.715. The summed E-state index contributed by atoms with van der Waals surface area (Å²) in [6, 6.07) is 12.9. The highest BCUT2D eigenvalue weighted by molar-refractivity contribution is 5.93. The summed E-state index contributed by atoms with van der Waals surface area (Å²) in [5.41, 5.74) is 4.24. The standard InChI is InChI=1S/C19H20N4O2/c1-12-20-17-10-14(4-9-18(17)23(12)3)11-19(25)22-16-7-5-15(6-8-16)21-13(2)24/h4-10H,11H2,1-3H3,(H,21,24)(H,22,25). The number of fused-ring (bicyclic) bond motifs is 1. The molecule has 0 aliphatic heterocycles. The van der Waals surface area contributed by atoms with Gasteiger partial charge in [-0.1, -0.05) is 6.07 Å². The Morgan fingerprint density at radius 1 is 1.04 bits per heavy atom. The third-order valence-corrected chi connectivity index (χ3v) is 4.02. The summed E-state index contributed by atoms with van der Waals surface area (Å²) >= 11 is 0. The van der Waals surface area contributed by atoms with Crippen molar-refractivity contribution in [2.24, 2.45) is 7.05 Å². The molecule has 0 aliphatic carbocycles. The molecule has 0 radical (unpaired) electrons. The SMILES string of the molecule is CC(=O)Nc1ccc(NC(=O)Cc2ccc3c(c2)nc(C)n3C)cc1. The van der Waals surface area contributed by atoms with E-state index in [0.29, 0.717) is 11.4 Å². The van der Waals surface area contributed by atoms with Crippen molar-refractivity contribution in [2.75, 3.05) is 10.6 Å². The van der Waals surface area contributed by atoms with Crippen LogP contribution in [-0.4, -0.2) is 21.4 Å². The van der Waals surface area contributed by atoms with Crippen LogP contribution in [0.5, 0.6) is 0 Å². The molecular formula is C19H20N4O2. The number of aromatic nitrogens is 2. The zero-order valence-electron chi connectivity index (χ0n) is 14.5. The smallest absolute Gasteiger partial charge is 0.228 e. The van der Waals surface area contributed by atoms with E-state index in [2.05, 4.69) is 15.6 Å². The summed E-state index contributed by atoms with van der Waals surface area (Å²) in [5, 5.41) is 5.55. The van der Waals surface area contributed by atoms with Crippen molar-refractivity contribution < 1.29 is 9.59 Å². The largest absolute Gasteiger partial charge is 0.331 e. The van der Waals surface area contributed by atoms with Crippen LogP contribution < -0.4 is 10.6 Å². The molecule has 6 heteroatoms. The van der Waals surface area contributed by atoms with Crippen molar-refractivity contribution in [2.45, 2.75) is 20.3 Å². The monoisotopic (exact) mass is 336 g/mol. The first-order valence-electron chi connectivity index (χ1n) is 8.02. The summed E-state index contributed by atoms with van der Waals surface area (Å²) in [6.45, 7) is 3.41. The van der Waals surface area contributed by atoms with Gasteiger partial charge in [0.15, 0.2) is 0 Å². The van der Waals surface area contributed by atoms with Gasteiger partial charge in [0, 0.05) is 25.3 Å². The first-order valence-corrected chi connectivity index (χ1v) is 8.02. The van der Waals surface area contributed by atoms with Crippen molar-refractivity contribution in [1.29, 1.82) is 0 Å². The molecule has 3 rings (SSSR count). The Hall–Kier alpha value is -3.15. The molecule has 0 bridgehead atoms. The maximum atomic E-state index is 12.2. The minimum atomic E-state index is -0.128. The molecular weight excluding hydrogens is 316 g/mol. The van der Waals surface area contributed by atoms with E-state index in [1.807, 2.05) is 36.7 Å². The second-order valence-corrected chi connectivity index (χ2v) is 6.02. The first-order chi connectivity index (χ1) is 11.9. The number of hydrogen-bond donors (Lipinski definition) is 2. The molecule has 0 aliphatic rings. The van der Waals surface area contributed by atoms with E-state index in [9.17, 15) is 9.59 Å². The lowest BCUT2D eigenvalue weighted by Crippen LogP contribution is -2.14. The number of anilines is 2. The lowest BCUT2D eigenvalue weighted by atomic mass is 10.1. The molecule has 25 heavy (non-hydrogen) atoms. The van der Waals surface area contributed by atoms with Gasteiger partial charge in [-0.2, -0.15) is 0 Å². The van der Waals surface area contributed by atoms with Gasteiger partial charge in [0.2, 0.25) is 11.8 Å². The van der Waals surface area contributed by atoms with E-state index < -0.39 is 0 Å². The van der Waals surface area contributed by atoms with Crippen LogP contribution >= 0.6 is 0 Å². The molecule has 3 aromatic rings. The Kier molecular flexibility index (Phi) is 4.52. The molecule has 0 atom stereocenters. The number of nitrogens with zero attached hydrogens (tertiary/aromatic N) is 2. The normalized spacial score (nSPS) is 10.7. The fourth-order valence-electron chi connectivity index (χ4n) is 2.71. The lowest BCUT2D eigenvalue weighted by molar-refractivity contribution is -0.116. The van der Waals surface area contributed by atoms with Crippen LogP contribution in [0.1, 0.15) is 18.3 Å². The summed E-state index contributed by atoms with van der Waals surface area (Å²) < 4.78 is 2.02. The predicted molar refractivity (Wildman–Crippen MR) is 98.5 cm³/mol. The number of nitrogens with one attached hydrogen (secondary N) is 2. The second-order valence-electron chi connectivity index (χ2n) is 6.02. The van der Waals surface area contributed by atoms with Crippen LogP contribution in [0.25, 0.3) is 11.0 Å². The van der Waals surface area contributed by atoms with Gasteiger partial charge in [0.1, 0.15) is 5.82 Å². The second kappa shape index (κ2) is 6.76. The molecule has 0 spiro atoms. The van der Waals surface area contributed by atoms with Crippen molar-refractivity contribution >= 4 is 34.2 Å². The van der Waals surface area contributed by atoms with Crippen molar-refractivity contribution in [3.63, 3.8) is 0 Å². The summed E-state index contributed by atoms with van der Waals surface area (Å²) in [6.07, 6.45) is 0.277. The van der Waals surface area contributed by atoms with Crippen LogP contribution in [0, 0.1) is 6.92 Å². The number of benzene rings is 2. The number of hydrogen-bond acceptors (Lipinski definition) is 3. The highest BCUT2D eigenvalue weighted by Gasteiger charge is 2.08. The van der Waals surface area contributed by atoms with E-state index >= 15 is 0 Å². The van der Waals surface area contributed by atoms with Gasteiger partial charge in [-0.05, 0) is 48.9 Å². The van der Waals surface area contributed by atoms with Gasteiger partial charge >= 0.3 is 0 Å². The third-order valence-electron chi connectivity index (χ3n) is 4.02. The molecule has 1 heterocycles. The molecule has 0 fully saturated rings. The van der Waals surface area contributed by atoms with E-state index in [0.717, 1.165) is 22.4 Å². The van der Waals surface area contributed by atoms with Gasteiger partial charge in [-0.25, -0.2) is 4.98 Å². The summed E-state index contributed by atoms with van der Waals surface area (Å²) in [7, 11) is 1.97. The Bertz CT molecular complexity index is 942. The molecule has 2 aromatic carbocycles. The van der Waals surface area contributed by atoms with Crippen LogP contribution in [-0.2, 0) is 23.1 Å². The highest BCUT2D eigenvalue weighted by Crippen LogP contribution is 2.18. The maximum absolute atomic E-state index is 12.2. The van der Waals surface area contributed by atoms with Gasteiger partial charge < -0.3 is 15.2 Å². The number of amides is 2. The first kappa shape index (κ1) is 16.7. The number of imidazole rings is 1. The van der Waals surface area contributed by atoms with Crippen LogP contribution in [0.3, 0.4) is 0 Å². The third kappa shape index (κ3) is 3.85. The van der Waals surface area contributed by atoms with E-state index in [1.165, 1.54) is 6.92 Å². The summed E-state index contributed by atoms with van der Waals surface area (Å²) in [4.78, 5) is 27.7. The number of rotatable bonds is 4. The average Bonchev–Trinajstić information content (AvgIpc) is 2.83. The highest BCUT2D eigenvalue weighted by atomic mass is 16.2. The average molecular weight is 336 g/mol. The van der Waals surface area contributed by atoms with Gasteiger partial charge in [0.25, 0.3) is 0 Å². The van der Waals surface area contributed by atoms with Crippen LogP contribution in [0.4, 0.5) is 11.4 Å². The predicted octanol–water partition coefficient (Wildman–Crippen LogP) is 3.02. The molecule has 1 aromatic heterocycles. The molecule has 128 valence electrons. The molecule has 0 unspecified atom stereocenters.